The van der Waals surface area contributed by atoms with Gasteiger partial charge < -0.3 is 19.9 Å². The predicted molar refractivity (Wildman–Crippen MR) is 106 cm³/mol. The maximum absolute atomic E-state index is 12.6. The van der Waals surface area contributed by atoms with Crippen LogP contribution in [-0.4, -0.2) is 34.7 Å². The van der Waals surface area contributed by atoms with Crippen molar-refractivity contribution in [3.63, 3.8) is 0 Å². The summed E-state index contributed by atoms with van der Waals surface area (Å²) >= 11 is 0. The van der Waals surface area contributed by atoms with E-state index in [1.807, 2.05) is 0 Å². The Morgan fingerprint density at radius 1 is 0.643 bits per heavy atom. The van der Waals surface area contributed by atoms with Crippen molar-refractivity contribution in [2.75, 3.05) is 5.73 Å². The van der Waals surface area contributed by atoms with Crippen molar-refractivity contribution in [1.29, 1.82) is 0 Å². The number of anilines is 1. The molecule has 0 aliphatic rings. The monoisotopic (exact) mass is 393 g/mol. The van der Waals surface area contributed by atoms with Gasteiger partial charge in [-0.05, 0) is 74.4 Å². The first-order valence-corrected chi connectivity index (χ1v) is 9.03. The van der Waals surface area contributed by atoms with Crippen LogP contribution in [0, 0.1) is 0 Å². The lowest BCUT2D eigenvalue weighted by atomic mass is 10.0. The summed E-state index contributed by atoms with van der Waals surface area (Å²) in [6.07, 6.45) is 0. The van der Waals surface area contributed by atoms with E-state index >= 15 is 0 Å². The molecule has 0 aromatic heterocycles. The minimum Gasteiger partial charge on any atom is -0.456 e. The molecule has 7 heteroatoms. The third-order valence-electron chi connectivity index (χ3n) is 3.05. The largest absolute Gasteiger partial charge is 0.456 e. The van der Waals surface area contributed by atoms with E-state index in [9.17, 15) is 14.4 Å². The van der Waals surface area contributed by atoms with Gasteiger partial charge in [0.05, 0.1) is 22.4 Å². The molecule has 7 nitrogen and oxygen atoms in total. The minimum atomic E-state index is -0.780. The summed E-state index contributed by atoms with van der Waals surface area (Å²) in [4.78, 5) is 37.7. The summed E-state index contributed by atoms with van der Waals surface area (Å²) in [5, 5.41) is 0. The van der Waals surface area contributed by atoms with E-state index in [-0.39, 0.29) is 22.4 Å². The number of hydrogen-bond acceptors (Lipinski definition) is 7. The summed E-state index contributed by atoms with van der Waals surface area (Å²) in [6, 6.07) is 2.54. The zero-order chi connectivity index (χ0) is 22.1. The Bertz CT molecular complexity index is 727. The molecule has 28 heavy (non-hydrogen) atoms. The minimum absolute atomic E-state index is 0.00541. The summed E-state index contributed by atoms with van der Waals surface area (Å²) < 4.78 is 16.1. The number of hydrogen-bond donors (Lipinski definition) is 1. The van der Waals surface area contributed by atoms with Crippen molar-refractivity contribution < 1.29 is 28.6 Å². The average Bonchev–Trinajstić information content (AvgIpc) is 2.41. The van der Waals surface area contributed by atoms with E-state index in [1.165, 1.54) is 12.1 Å². The molecule has 2 N–H and O–H groups in total. The molecule has 0 fully saturated rings. The standard InChI is InChI=1S/C21H31NO6/c1-19(2,3)26-16(23)12-10-13(17(24)27-20(4,5)6)15(22)14(11-12)18(25)28-21(7,8)9/h10-11H,22H2,1-9H3. The number of benzene rings is 1. The summed E-state index contributed by atoms with van der Waals surface area (Å²) in [7, 11) is 0. The van der Waals surface area contributed by atoms with Crippen LogP contribution in [0.5, 0.6) is 0 Å². The number of nitrogen functional groups attached to an aromatic ring is 1. The van der Waals surface area contributed by atoms with Gasteiger partial charge >= 0.3 is 17.9 Å². The van der Waals surface area contributed by atoms with Crippen LogP contribution in [0.2, 0.25) is 0 Å². The van der Waals surface area contributed by atoms with Crippen molar-refractivity contribution in [3.05, 3.63) is 28.8 Å². The molecule has 1 aromatic carbocycles. The molecular weight excluding hydrogens is 362 g/mol. The van der Waals surface area contributed by atoms with Gasteiger partial charge in [-0.1, -0.05) is 0 Å². The van der Waals surface area contributed by atoms with Crippen molar-refractivity contribution in [3.8, 4) is 0 Å². The van der Waals surface area contributed by atoms with Crippen molar-refractivity contribution in [2.45, 2.75) is 79.1 Å². The van der Waals surface area contributed by atoms with Crippen molar-refractivity contribution in [2.24, 2.45) is 0 Å². The molecule has 0 aliphatic heterocycles. The highest BCUT2D eigenvalue weighted by molar-refractivity contribution is 6.07. The quantitative estimate of drug-likeness (QED) is 0.467. The molecule has 0 aliphatic carbocycles. The molecule has 0 saturated carbocycles. The summed E-state index contributed by atoms with van der Waals surface area (Å²) in [5.74, 6) is -2.19. The Labute approximate surface area is 166 Å². The van der Waals surface area contributed by atoms with E-state index < -0.39 is 34.7 Å². The molecule has 0 saturated heterocycles. The average molecular weight is 393 g/mol. The van der Waals surface area contributed by atoms with Gasteiger partial charge in [-0.3, -0.25) is 0 Å². The molecule has 0 heterocycles. The first-order chi connectivity index (χ1) is 12.4. The second-order valence-corrected chi connectivity index (χ2v) is 9.49. The van der Waals surface area contributed by atoms with Gasteiger partial charge in [0.15, 0.2) is 0 Å². The lowest BCUT2D eigenvalue weighted by Crippen LogP contribution is -2.28. The summed E-state index contributed by atoms with van der Waals surface area (Å²) in [5.41, 5.74) is 3.45. The van der Waals surface area contributed by atoms with E-state index in [0.29, 0.717) is 0 Å². The van der Waals surface area contributed by atoms with Crippen LogP contribution >= 0.6 is 0 Å². The Balaban J connectivity index is 3.52. The molecule has 0 unspecified atom stereocenters. The van der Waals surface area contributed by atoms with E-state index in [4.69, 9.17) is 19.9 Å². The molecule has 1 rings (SSSR count). The summed E-state index contributed by atoms with van der Waals surface area (Å²) in [6.45, 7) is 15.4. The van der Waals surface area contributed by atoms with Gasteiger partial charge in [-0.15, -0.1) is 0 Å². The first-order valence-electron chi connectivity index (χ1n) is 9.03. The Morgan fingerprint density at radius 2 is 0.929 bits per heavy atom. The fraction of sp³-hybridized carbons (Fsp3) is 0.571. The highest BCUT2D eigenvalue weighted by Crippen LogP contribution is 2.27. The highest BCUT2D eigenvalue weighted by atomic mass is 16.6. The molecule has 0 amide bonds. The van der Waals surface area contributed by atoms with Gasteiger partial charge in [0.25, 0.3) is 0 Å². The van der Waals surface area contributed by atoms with E-state index in [2.05, 4.69) is 0 Å². The molecule has 1 aromatic rings. The van der Waals surface area contributed by atoms with Crippen LogP contribution in [0.15, 0.2) is 12.1 Å². The van der Waals surface area contributed by atoms with E-state index in [0.717, 1.165) is 0 Å². The number of ether oxygens (including phenoxy) is 3. The molecule has 0 radical (unpaired) electrons. The number of carbonyl (C=O) groups excluding carboxylic acids is 3. The highest BCUT2D eigenvalue weighted by Gasteiger charge is 2.29. The van der Waals surface area contributed by atoms with Crippen molar-refractivity contribution >= 4 is 23.6 Å². The number of carbonyl (C=O) groups is 3. The maximum atomic E-state index is 12.6. The zero-order valence-electron chi connectivity index (χ0n) is 18.2. The predicted octanol–water partition coefficient (Wildman–Crippen LogP) is 4.13. The number of rotatable bonds is 3. The zero-order valence-corrected chi connectivity index (χ0v) is 18.2. The SMILES string of the molecule is CC(C)(C)OC(=O)c1cc(C(=O)OC(C)(C)C)c(N)c(C(=O)OC(C)(C)C)c1. The van der Waals surface area contributed by atoms with Crippen LogP contribution in [-0.2, 0) is 14.2 Å². The fourth-order valence-corrected chi connectivity index (χ4v) is 2.11. The first kappa shape index (κ1) is 23.5. The third-order valence-corrected chi connectivity index (χ3v) is 3.05. The second kappa shape index (κ2) is 7.81. The Kier molecular flexibility index (Phi) is 6.55. The molecular formula is C21H31NO6. The number of esters is 3. The molecule has 0 bridgehead atoms. The number of nitrogens with two attached hydrogens (primary N) is 1. The van der Waals surface area contributed by atoms with Gasteiger partial charge in [0.1, 0.15) is 16.8 Å². The maximum Gasteiger partial charge on any atom is 0.340 e. The topological polar surface area (TPSA) is 105 Å². The van der Waals surface area contributed by atoms with Crippen LogP contribution < -0.4 is 5.73 Å². The van der Waals surface area contributed by atoms with Gasteiger partial charge in [0, 0.05) is 0 Å². The Hall–Kier alpha value is -2.57. The van der Waals surface area contributed by atoms with Gasteiger partial charge in [-0.2, -0.15) is 0 Å². The third kappa shape index (κ3) is 7.21. The van der Waals surface area contributed by atoms with Crippen LogP contribution in [0.4, 0.5) is 5.69 Å². The smallest absolute Gasteiger partial charge is 0.340 e. The van der Waals surface area contributed by atoms with Crippen LogP contribution in [0.25, 0.3) is 0 Å². The van der Waals surface area contributed by atoms with Crippen LogP contribution in [0.1, 0.15) is 93.4 Å². The fourth-order valence-electron chi connectivity index (χ4n) is 2.11. The molecule has 0 atom stereocenters. The van der Waals surface area contributed by atoms with Crippen molar-refractivity contribution in [1.82, 2.24) is 0 Å². The van der Waals surface area contributed by atoms with Gasteiger partial charge in [-0.25, -0.2) is 14.4 Å². The second-order valence-electron chi connectivity index (χ2n) is 9.49. The van der Waals surface area contributed by atoms with Gasteiger partial charge in [0.2, 0.25) is 0 Å². The van der Waals surface area contributed by atoms with Crippen LogP contribution in [0.3, 0.4) is 0 Å². The lowest BCUT2D eigenvalue weighted by Gasteiger charge is -2.23. The molecule has 156 valence electrons. The molecule has 0 spiro atoms. The van der Waals surface area contributed by atoms with E-state index in [1.54, 1.807) is 62.3 Å². The Morgan fingerprint density at radius 3 is 1.21 bits per heavy atom. The lowest BCUT2D eigenvalue weighted by molar-refractivity contribution is 0.00676. The normalized spacial score (nSPS) is 12.3.